The second-order valence-corrected chi connectivity index (χ2v) is 7.63. The molecule has 0 aliphatic rings. The van der Waals surface area contributed by atoms with E-state index in [2.05, 4.69) is 47.3 Å². The van der Waals surface area contributed by atoms with Gasteiger partial charge >= 0.3 is 0 Å². The quantitative estimate of drug-likeness (QED) is 0.346. The molecule has 2 aromatic carbocycles. The van der Waals surface area contributed by atoms with Crippen molar-refractivity contribution in [1.82, 2.24) is 5.32 Å². The first kappa shape index (κ1) is 25.5. The third-order valence-corrected chi connectivity index (χ3v) is 5.09. The summed E-state index contributed by atoms with van der Waals surface area (Å²) in [5.74, 6) is -0.418. The second kappa shape index (κ2) is 13.6. The minimum atomic E-state index is -0.248. The fourth-order valence-electron chi connectivity index (χ4n) is 3.42. The fourth-order valence-corrected chi connectivity index (χ4v) is 3.42. The number of rotatable bonds is 12. The molecule has 0 atom stereocenters. The van der Waals surface area contributed by atoms with E-state index in [4.69, 9.17) is 5.26 Å². The average Bonchev–Trinajstić information content (AvgIpc) is 2.83. The van der Waals surface area contributed by atoms with E-state index in [1.54, 1.807) is 49.5 Å². The van der Waals surface area contributed by atoms with E-state index in [9.17, 15) is 9.59 Å². The van der Waals surface area contributed by atoms with Crippen molar-refractivity contribution >= 4 is 28.9 Å². The zero-order valence-corrected chi connectivity index (χ0v) is 19.6. The monoisotopic (exact) mass is 447 g/mol. The number of nitriles is 1. The van der Waals surface area contributed by atoms with Gasteiger partial charge in [0.25, 0.3) is 5.91 Å². The number of hydrogen-bond acceptors (Lipinski definition) is 5. The molecule has 0 spiro atoms. The van der Waals surface area contributed by atoms with Crippen LogP contribution in [0, 0.1) is 11.3 Å². The maximum absolute atomic E-state index is 12.6. The maximum Gasteiger partial charge on any atom is 0.251 e. The van der Waals surface area contributed by atoms with E-state index >= 15 is 0 Å². The van der Waals surface area contributed by atoms with Crippen molar-refractivity contribution in [1.29, 1.82) is 5.26 Å². The molecule has 0 aromatic heterocycles. The van der Waals surface area contributed by atoms with Gasteiger partial charge in [-0.2, -0.15) is 5.26 Å². The Morgan fingerprint density at radius 3 is 2.42 bits per heavy atom. The summed E-state index contributed by atoms with van der Waals surface area (Å²) in [6, 6.07) is 14.1. The van der Waals surface area contributed by atoms with E-state index in [-0.39, 0.29) is 18.4 Å². The van der Waals surface area contributed by atoms with Crippen LogP contribution >= 0.6 is 0 Å². The normalized spacial score (nSPS) is 10.8. The van der Waals surface area contributed by atoms with Crippen molar-refractivity contribution in [3.8, 4) is 6.07 Å². The lowest BCUT2D eigenvalue weighted by molar-refractivity contribution is -0.114. The van der Waals surface area contributed by atoms with E-state index in [0.29, 0.717) is 23.4 Å². The van der Waals surface area contributed by atoms with E-state index < -0.39 is 0 Å². The molecular formula is C26H33N5O2. The molecule has 0 heterocycles. The molecule has 0 radical (unpaired) electrons. The topological polar surface area (TPSA) is 106 Å². The van der Waals surface area contributed by atoms with Gasteiger partial charge in [0, 0.05) is 24.8 Å². The molecule has 0 fully saturated rings. The zero-order chi connectivity index (χ0) is 24.1. The van der Waals surface area contributed by atoms with Gasteiger partial charge in [-0.15, -0.1) is 0 Å². The third kappa shape index (κ3) is 8.34. The molecule has 0 unspecified atom stereocenters. The molecule has 0 saturated heterocycles. The number of allylic oxidation sites excluding steroid dienone is 1. The Hall–Kier alpha value is -3.79. The Labute approximate surface area is 196 Å². The van der Waals surface area contributed by atoms with Crippen LogP contribution in [0.5, 0.6) is 0 Å². The third-order valence-electron chi connectivity index (χ3n) is 5.09. The summed E-state index contributed by atoms with van der Waals surface area (Å²) in [7, 11) is 1.76. The highest BCUT2D eigenvalue weighted by molar-refractivity contribution is 6.00. The Balaban J connectivity index is 1.96. The van der Waals surface area contributed by atoms with Gasteiger partial charge in [-0.3, -0.25) is 9.59 Å². The van der Waals surface area contributed by atoms with Crippen molar-refractivity contribution in [2.45, 2.75) is 39.5 Å². The molecule has 0 aliphatic heterocycles. The minimum Gasteiger partial charge on any atom is -0.386 e. The summed E-state index contributed by atoms with van der Waals surface area (Å²) < 4.78 is 0. The number of benzene rings is 2. The molecule has 33 heavy (non-hydrogen) atoms. The summed E-state index contributed by atoms with van der Waals surface area (Å²) in [6.07, 6.45) is 6.21. The first-order chi connectivity index (χ1) is 16.0. The van der Waals surface area contributed by atoms with Crippen molar-refractivity contribution in [3.05, 3.63) is 65.2 Å². The lowest BCUT2D eigenvalue weighted by Gasteiger charge is -2.14. The van der Waals surface area contributed by atoms with Gasteiger partial charge in [0.2, 0.25) is 5.91 Å². The van der Waals surface area contributed by atoms with Crippen molar-refractivity contribution in [2.24, 2.45) is 0 Å². The van der Waals surface area contributed by atoms with E-state index in [1.807, 2.05) is 0 Å². The summed E-state index contributed by atoms with van der Waals surface area (Å²) in [4.78, 5) is 25.1. The van der Waals surface area contributed by atoms with Crippen LogP contribution in [0.3, 0.4) is 0 Å². The van der Waals surface area contributed by atoms with Gasteiger partial charge in [0.1, 0.15) is 0 Å². The Morgan fingerprint density at radius 2 is 1.79 bits per heavy atom. The number of nitrogens with one attached hydrogen (secondary N) is 4. The van der Waals surface area contributed by atoms with Crippen molar-refractivity contribution in [3.63, 3.8) is 0 Å². The average molecular weight is 448 g/mol. The Kier molecular flexibility index (Phi) is 10.5. The van der Waals surface area contributed by atoms with Gasteiger partial charge < -0.3 is 21.3 Å². The van der Waals surface area contributed by atoms with Crippen LogP contribution in [0.15, 0.2) is 54.1 Å². The summed E-state index contributed by atoms with van der Waals surface area (Å²) in [6.45, 7) is 4.90. The van der Waals surface area contributed by atoms with E-state index in [1.165, 1.54) is 5.57 Å². The predicted octanol–water partition coefficient (Wildman–Crippen LogP) is 4.91. The molecule has 7 nitrogen and oxygen atoms in total. The number of carbonyl (C=O) groups excluding carboxylic acids is 2. The number of nitrogens with zero attached hydrogens (tertiary/aromatic N) is 1. The molecule has 0 saturated carbocycles. The molecular weight excluding hydrogens is 414 g/mol. The van der Waals surface area contributed by atoms with Gasteiger partial charge in [-0.05, 0) is 61.7 Å². The standard InChI is InChI=1S/C26H33N5O2/c1-4-6-19(7-5-2)14-15-29-26(33)21-10-13-23(28-3)24(16-21)31-25(32)18-30-22-11-8-20(17-27)9-12-22/h6,8-13,16,28,30H,4-5,7,14-15,18H2,1-3H3,(H,29,33)(H,31,32)/b19-6-. The summed E-state index contributed by atoms with van der Waals surface area (Å²) >= 11 is 0. The molecule has 2 rings (SSSR count). The van der Waals surface area contributed by atoms with Gasteiger partial charge in [-0.1, -0.05) is 31.9 Å². The first-order valence-electron chi connectivity index (χ1n) is 11.3. The molecule has 174 valence electrons. The largest absolute Gasteiger partial charge is 0.386 e. The summed E-state index contributed by atoms with van der Waals surface area (Å²) in [5, 5.41) is 20.7. The maximum atomic E-state index is 12.6. The van der Waals surface area contributed by atoms with Crippen LogP contribution in [-0.2, 0) is 4.79 Å². The van der Waals surface area contributed by atoms with Crippen molar-refractivity contribution in [2.75, 3.05) is 36.1 Å². The van der Waals surface area contributed by atoms with Crippen LogP contribution in [0.1, 0.15) is 55.5 Å². The fraction of sp³-hybridized carbons (Fsp3) is 0.346. The number of amides is 2. The molecule has 7 heteroatoms. The Morgan fingerprint density at radius 1 is 1.03 bits per heavy atom. The summed E-state index contributed by atoms with van der Waals surface area (Å²) in [5.41, 5.74) is 4.41. The Bertz CT molecular complexity index is 1010. The lowest BCUT2D eigenvalue weighted by Crippen LogP contribution is -2.26. The minimum absolute atomic E-state index is 0.0510. The smallest absolute Gasteiger partial charge is 0.251 e. The lowest BCUT2D eigenvalue weighted by atomic mass is 10.1. The molecule has 0 aliphatic carbocycles. The van der Waals surface area contributed by atoms with Crippen LogP contribution in [0.2, 0.25) is 0 Å². The highest BCUT2D eigenvalue weighted by atomic mass is 16.2. The highest BCUT2D eigenvalue weighted by Gasteiger charge is 2.12. The molecule has 2 aromatic rings. The highest BCUT2D eigenvalue weighted by Crippen LogP contribution is 2.23. The molecule has 4 N–H and O–H groups in total. The molecule has 0 bridgehead atoms. The first-order valence-corrected chi connectivity index (χ1v) is 11.3. The zero-order valence-electron chi connectivity index (χ0n) is 19.6. The van der Waals surface area contributed by atoms with Gasteiger partial charge in [0.15, 0.2) is 0 Å². The van der Waals surface area contributed by atoms with Crippen LogP contribution in [0.4, 0.5) is 17.1 Å². The van der Waals surface area contributed by atoms with E-state index in [0.717, 1.165) is 37.1 Å². The van der Waals surface area contributed by atoms with Crippen LogP contribution < -0.4 is 21.3 Å². The molecule has 2 amide bonds. The number of anilines is 3. The van der Waals surface area contributed by atoms with Crippen molar-refractivity contribution < 1.29 is 9.59 Å². The predicted molar refractivity (Wildman–Crippen MR) is 134 cm³/mol. The van der Waals surface area contributed by atoms with Crippen LogP contribution in [0.25, 0.3) is 0 Å². The van der Waals surface area contributed by atoms with Gasteiger partial charge in [0.05, 0.1) is 29.6 Å². The second-order valence-electron chi connectivity index (χ2n) is 7.63. The van der Waals surface area contributed by atoms with Gasteiger partial charge in [-0.25, -0.2) is 0 Å². The van der Waals surface area contributed by atoms with Crippen LogP contribution in [-0.4, -0.2) is 32.0 Å². The number of hydrogen-bond donors (Lipinski definition) is 4. The SMILES string of the molecule is CC/C=C(/CCC)CCNC(=O)c1ccc(NC)c(NC(=O)CNc2ccc(C#N)cc2)c1. The number of carbonyl (C=O) groups is 2.